The van der Waals surface area contributed by atoms with Gasteiger partial charge in [0, 0.05) is 36.8 Å². The summed E-state index contributed by atoms with van der Waals surface area (Å²) < 4.78 is 5.42. The van der Waals surface area contributed by atoms with Gasteiger partial charge in [-0.3, -0.25) is 14.5 Å². The van der Waals surface area contributed by atoms with Gasteiger partial charge in [0.2, 0.25) is 5.91 Å². The topological polar surface area (TPSA) is 61.9 Å². The molecule has 3 rings (SSSR count). The highest BCUT2D eigenvalue weighted by atomic mass is 35.5. The summed E-state index contributed by atoms with van der Waals surface area (Å²) in [7, 11) is 0. The summed E-state index contributed by atoms with van der Waals surface area (Å²) in [6.07, 6.45) is 4.08. The van der Waals surface area contributed by atoms with Crippen LogP contribution in [0.25, 0.3) is 0 Å². The van der Waals surface area contributed by atoms with Gasteiger partial charge in [-0.05, 0) is 61.9 Å². The van der Waals surface area contributed by atoms with Crippen molar-refractivity contribution in [1.82, 2.24) is 15.1 Å². The first-order valence-corrected chi connectivity index (χ1v) is 12.0. The molecular formula is C24H36ClN3O3. The SMILES string of the molecule is CCC(C)C(NC(=O)c1ccc(Cl)cc1)C(=O)N1CCC(CCN2CCOCC2)CC1. The van der Waals surface area contributed by atoms with Crippen LogP contribution in [0.15, 0.2) is 24.3 Å². The molecule has 2 fully saturated rings. The van der Waals surface area contributed by atoms with Crippen LogP contribution >= 0.6 is 11.6 Å². The lowest BCUT2D eigenvalue weighted by Crippen LogP contribution is -2.53. The average Bonchev–Trinajstić information content (AvgIpc) is 2.81. The molecule has 2 unspecified atom stereocenters. The Morgan fingerprint density at radius 3 is 2.39 bits per heavy atom. The van der Waals surface area contributed by atoms with Crippen molar-refractivity contribution in [3.63, 3.8) is 0 Å². The highest BCUT2D eigenvalue weighted by Gasteiger charge is 2.32. The van der Waals surface area contributed by atoms with E-state index in [4.69, 9.17) is 16.3 Å². The quantitative estimate of drug-likeness (QED) is 0.660. The van der Waals surface area contributed by atoms with Crippen LogP contribution in [0.4, 0.5) is 0 Å². The molecule has 2 atom stereocenters. The summed E-state index contributed by atoms with van der Waals surface area (Å²) in [5.74, 6) is 0.555. The summed E-state index contributed by atoms with van der Waals surface area (Å²) in [6, 6.07) is 6.26. The molecule has 2 heterocycles. The summed E-state index contributed by atoms with van der Waals surface area (Å²) in [4.78, 5) is 30.4. The molecule has 7 heteroatoms. The van der Waals surface area contributed by atoms with Crippen LogP contribution in [-0.4, -0.2) is 73.6 Å². The highest BCUT2D eigenvalue weighted by Crippen LogP contribution is 2.23. The summed E-state index contributed by atoms with van der Waals surface area (Å²) in [6.45, 7) is 10.5. The van der Waals surface area contributed by atoms with Crippen LogP contribution < -0.4 is 5.32 Å². The lowest BCUT2D eigenvalue weighted by atomic mass is 9.91. The van der Waals surface area contributed by atoms with Gasteiger partial charge in [-0.2, -0.15) is 0 Å². The molecule has 6 nitrogen and oxygen atoms in total. The Kier molecular flexibility index (Phi) is 9.17. The number of hydrogen-bond donors (Lipinski definition) is 1. The monoisotopic (exact) mass is 449 g/mol. The smallest absolute Gasteiger partial charge is 0.251 e. The number of carbonyl (C=O) groups excluding carboxylic acids is 2. The molecule has 2 aliphatic heterocycles. The van der Waals surface area contributed by atoms with Crippen molar-refractivity contribution in [3.05, 3.63) is 34.9 Å². The predicted octanol–water partition coefficient (Wildman–Crippen LogP) is 3.45. The van der Waals surface area contributed by atoms with Crippen molar-refractivity contribution in [1.29, 1.82) is 0 Å². The molecule has 0 aromatic heterocycles. The highest BCUT2D eigenvalue weighted by molar-refractivity contribution is 6.30. The molecule has 0 spiro atoms. The zero-order chi connectivity index (χ0) is 22.2. The van der Waals surface area contributed by atoms with E-state index in [1.807, 2.05) is 11.8 Å². The lowest BCUT2D eigenvalue weighted by molar-refractivity contribution is -0.136. The maximum Gasteiger partial charge on any atom is 0.251 e. The number of nitrogens with one attached hydrogen (secondary N) is 1. The first-order valence-electron chi connectivity index (χ1n) is 11.6. The van der Waals surface area contributed by atoms with Crippen molar-refractivity contribution in [2.75, 3.05) is 45.9 Å². The second-order valence-electron chi connectivity index (χ2n) is 8.85. The van der Waals surface area contributed by atoms with Crippen LogP contribution in [0.3, 0.4) is 0 Å². The first kappa shape index (κ1) is 24.0. The molecule has 1 aromatic rings. The van der Waals surface area contributed by atoms with E-state index in [-0.39, 0.29) is 17.7 Å². The molecular weight excluding hydrogens is 414 g/mol. The van der Waals surface area contributed by atoms with Gasteiger partial charge >= 0.3 is 0 Å². The van der Waals surface area contributed by atoms with Gasteiger partial charge in [0.1, 0.15) is 6.04 Å². The second-order valence-corrected chi connectivity index (χ2v) is 9.29. The molecule has 1 N–H and O–H groups in total. The Hall–Kier alpha value is -1.63. The van der Waals surface area contributed by atoms with Crippen molar-refractivity contribution in [2.24, 2.45) is 11.8 Å². The average molecular weight is 450 g/mol. The number of amides is 2. The number of hydrogen-bond acceptors (Lipinski definition) is 4. The van der Waals surface area contributed by atoms with Crippen LogP contribution in [0.2, 0.25) is 5.02 Å². The van der Waals surface area contributed by atoms with Crippen LogP contribution in [0.5, 0.6) is 0 Å². The maximum absolute atomic E-state index is 13.3. The zero-order valence-electron chi connectivity index (χ0n) is 18.8. The summed E-state index contributed by atoms with van der Waals surface area (Å²) in [5, 5.41) is 3.57. The molecule has 2 amide bonds. The van der Waals surface area contributed by atoms with Gasteiger partial charge < -0.3 is 15.0 Å². The fraction of sp³-hybridized carbons (Fsp3) is 0.667. The fourth-order valence-electron chi connectivity index (χ4n) is 4.34. The Labute approximate surface area is 191 Å². The van der Waals surface area contributed by atoms with Gasteiger partial charge in [0.05, 0.1) is 13.2 Å². The molecule has 1 aromatic carbocycles. The molecule has 172 valence electrons. The third kappa shape index (κ3) is 6.93. The fourth-order valence-corrected chi connectivity index (χ4v) is 4.46. The van der Waals surface area contributed by atoms with Gasteiger partial charge in [0.25, 0.3) is 5.91 Å². The molecule has 0 aliphatic carbocycles. The Morgan fingerprint density at radius 1 is 1.13 bits per heavy atom. The van der Waals surface area contributed by atoms with Crippen LogP contribution in [-0.2, 0) is 9.53 Å². The van der Waals surface area contributed by atoms with E-state index >= 15 is 0 Å². The third-order valence-corrected chi connectivity index (χ3v) is 7.01. The predicted molar refractivity (Wildman–Crippen MR) is 123 cm³/mol. The van der Waals surface area contributed by atoms with Gasteiger partial charge in [-0.1, -0.05) is 31.9 Å². The van der Waals surface area contributed by atoms with Crippen LogP contribution in [0, 0.1) is 11.8 Å². The van der Waals surface area contributed by atoms with E-state index in [9.17, 15) is 9.59 Å². The van der Waals surface area contributed by atoms with Crippen molar-refractivity contribution >= 4 is 23.4 Å². The zero-order valence-corrected chi connectivity index (χ0v) is 19.6. The number of piperidine rings is 1. The third-order valence-electron chi connectivity index (χ3n) is 6.76. The van der Waals surface area contributed by atoms with Crippen molar-refractivity contribution < 1.29 is 14.3 Å². The van der Waals surface area contributed by atoms with E-state index < -0.39 is 6.04 Å². The number of likely N-dealkylation sites (tertiary alicyclic amines) is 1. The number of rotatable bonds is 8. The molecule has 2 saturated heterocycles. The largest absolute Gasteiger partial charge is 0.379 e. The number of ether oxygens (including phenoxy) is 1. The molecule has 2 aliphatic rings. The number of benzene rings is 1. The normalized spacial score (nSPS) is 20.3. The minimum absolute atomic E-state index is 0.0447. The summed E-state index contributed by atoms with van der Waals surface area (Å²) in [5.41, 5.74) is 0.521. The Bertz CT molecular complexity index is 713. The number of morpholine rings is 1. The molecule has 31 heavy (non-hydrogen) atoms. The van der Waals surface area contributed by atoms with Gasteiger partial charge in [0.15, 0.2) is 0 Å². The number of carbonyl (C=O) groups is 2. The van der Waals surface area contributed by atoms with E-state index in [1.54, 1.807) is 24.3 Å². The molecule has 0 saturated carbocycles. The minimum atomic E-state index is -0.502. The maximum atomic E-state index is 13.3. The number of nitrogens with zero attached hydrogens (tertiary/aromatic N) is 2. The van der Waals surface area contributed by atoms with E-state index in [1.165, 1.54) is 6.42 Å². The van der Waals surface area contributed by atoms with E-state index in [0.717, 1.165) is 65.2 Å². The van der Waals surface area contributed by atoms with Crippen LogP contribution in [0.1, 0.15) is 49.9 Å². The Morgan fingerprint density at radius 2 is 1.77 bits per heavy atom. The second kappa shape index (κ2) is 11.8. The number of halogens is 1. The minimum Gasteiger partial charge on any atom is -0.379 e. The van der Waals surface area contributed by atoms with E-state index in [2.05, 4.69) is 17.1 Å². The Balaban J connectivity index is 1.51. The van der Waals surface area contributed by atoms with Gasteiger partial charge in [-0.15, -0.1) is 0 Å². The molecule has 0 radical (unpaired) electrons. The lowest BCUT2D eigenvalue weighted by Gasteiger charge is -2.36. The van der Waals surface area contributed by atoms with Gasteiger partial charge in [-0.25, -0.2) is 0 Å². The van der Waals surface area contributed by atoms with Crippen molar-refractivity contribution in [2.45, 2.75) is 45.6 Å². The molecule has 0 bridgehead atoms. The summed E-state index contributed by atoms with van der Waals surface area (Å²) >= 11 is 5.92. The standard InChI is InChI=1S/C24H36ClN3O3/c1-3-18(2)22(26-23(29)20-4-6-21(25)7-5-20)24(30)28-12-9-19(10-13-28)8-11-27-14-16-31-17-15-27/h4-7,18-19,22H,3,8-17H2,1-2H3,(H,26,29). The first-order chi connectivity index (χ1) is 15.0. The van der Waals surface area contributed by atoms with Crippen molar-refractivity contribution in [3.8, 4) is 0 Å². The van der Waals surface area contributed by atoms with E-state index in [0.29, 0.717) is 16.5 Å².